The average Bonchev–Trinajstić information content (AvgIpc) is 1.56. The molecule has 0 aliphatic rings. The highest BCUT2D eigenvalue weighted by Gasteiger charge is 2.62. The SMILES string of the molecule is [N-]=[N+]=C(C(F)(F)F)C(F)(F)F. The number of hydrogen-bond donors (Lipinski definition) is 0. The van der Waals surface area contributed by atoms with Gasteiger partial charge in [0, 0.05) is 0 Å². The van der Waals surface area contributed by atoms with E-state index < -0.39 is 18.1 Å². The molecule has 0 bridgehead atoms. The van der Waals surface area contributed by atoms with E-state index in [2.05, 4.69) is 0 Å². The van der Waals surface area contributed by atoms with E-state index in [-0.39, 0.29) is 0 Å². The van der Waals surface area contributed by atoms with Gasteiger partial charge in [0.15, 0.2) is 0 Å². The van der Waals surface area contributed by atoms with Crippen LogP contribution in [0.4, 0.5) is 26.3 Å². The summed E-state index contributed by atoms with van der Waals surface area (Å²) in [7, 11) is 0. The molecule has 0 saturated heterocycles. The molecule has 0 rings (SSSR count). The first-order valence-corrected chi connectivity index (χ1v) is 2.06. The summed E-state index contributed by atoms with van der Waals surface area (Å²) in [6.45, 7) is 0. The van der Waals surface area contributed by atoms with E-state index in [4.69, 9.17) is 5.53 Å². The number of alkyl halides is 6. The van der Waals surface area contributed by atoms with Crippen LogP contribution < -0.4 is 0 Å². The predicted molar refractivity (Wildman–Crippen MR) is 20.7 cm³/mol. The summed E-state index contributed by atoms with van der Waals surface area (Å²) < 4.78 is 67.2. The van der Waals surface area contributed by atoms with Crippen LogP contribution >= 0.6 is 0 Å². The third kappa shape index (κ3) is 2.58. The van der Waals surface area contributed by atoms with Gasteiger partial charge in [0.05, 0.1) is 0 Å². The molecule has 64 valence electrons. The third-order valence-corrected chi connectivity index (χ3v) is 0.637. The first-order valence-electron chi connectivity index (χ1n) is 2.06. The van der Waals surface area contributed by atoms with Crippen molar-refractivity contribution in [2.45, 2.75) is 12.4 Å². The van der Waals surface area contributed by atoms with Crippen LogP contribution in [0, 0.1) is 0 Å². The topological polar surface area (TPSA) is 36.4 Å². The van der Waals surface area contributed by atoms with Crippen molar-refractivity contribution in [2.75, 3.05) is 0 Å². The molecule has 0 saturated carbocycles. The van der Waals surface area contributed by atoms with Crippen molar-refractivity contribution < 1.29 is 31.1 Å². The summed E-state index contributed by atoms with van der Waals surface area (Å²) in [5, 5.41) is 0. The molecule has 0 atom stereocenters. The molecule has 0 unspecified atom stereocenters. The molecule has 8 heteroatoms. The Morgan fingerprint density at radius 2 is 1.18 bits per heavy atom. The van der Waals surface area contributed by atoms with Crippen LogP contribution in [0.2, 0.25) is 0 Å². The van der Waals surface area contributed by atoms with Gasteiger partial charge < -0.3 is 5.53 Å². The summed E-state index contributed by atoms with van der Waals surface area (Å²) in [5.74, 6) is 0. The largest absolute Gasteiger partial charge is 0.500 e. The van der Waals surface area contributed by atoms with Crippen molar-refractivity contribution in [3.63, 3.8) is 0 Å². The van der Waals surface area contributed by atoms with E-state index in [1.54, 1.807) is 0 Å². The zero-order valence-electron chi connectivity index (χ0n) is 4.66. The van der Waals surface area contributed by atoms with E-state index >= 15 is 0 Å². The van der Waals surface area contributed by atoms with Crippen LogP contribution in [-0.2, 0) is 0 Å². The Balaban J connectivity index is 4.90. The van der Waals surface area contributed by atoms with Crippen molar-refractivity contribution in [3.8, 4) is 0 Å². The lowest BCUT2D eigenvalue weighted by Gasteiger charge is -2.02. The normalized spacial score (nSPS) is 12.5. The lowest BCUT2D eigenvalue weighted by atomic mass is 10.3. The lowest BCUT2D eigenvalue weighted by Crippen LogP contribution is -2.37. The van der Waals surface area contributed by atoms with Gasteiger partial charge >= 0.3 is 18.1 Å². The Morgan fingerprint density at radius 3 is 1.18 bits per heavy atom. The number of rotatable bonds is 0. The Kier molecular flexibility index (Phi) is 2.30. The van der Waals surface area contributed by atoms with E-state index in [9.17, 15) is 26.3 Å². The minimum absolute atomic E-state index is 1.10. The Labute approximate surface area is 56.0 Å². The van der Waals surface area contributed by atoms with Crippen molar-refractivity contribution >= 4 is 5.71 Å². The summed E-state index contributed by atoms with van der Waals surface area (Å²) in [5.41, 5.74) is 4.18. The molecule has 0 fully saturated rings. The molecule has 2 nitrogen and oxygen atoms in total. The van der Waals surface area contributed by atoms with E-state index in [0.29, 0.717) is 0 Å². The summed E-state index contributed by atoms with van der Waals surface area (Å²) in [4.78, 5) is 1.10. The highest BCUT2D eigenvalue weighted by molar-refractivity contribution is 5.89. The van der Waals surface area contributed by atoms with Gasteiger partial charge in [-0.15, -0.1) is 0 Å². The fraction of sp³-hybridized carbons (Fsp3) is 0.667. The van der Waals surface area contributed by atoms with Crippen LogP contribution in [-0.4, -0.2) is 22.9 Å². The monoisotopic (exact) mass is 178 g/mol. The van der Waals surface area contributed by atoms with E-state index in [0.717, 1.165) is 4.79 Å². The molecule has 0 aliphatic carbocycles. The highest BCUT2D eigenvalue weighted by Crippen LogP contribution is 2.28. The van der Waals surface area contributed by atoms with Crippen molar-refractivity contribution in [1.82, 2.24) is 0 Å². The van der Waals surface area contributed by atoms with Crippen LogP contribution in [0.5, 0.6) is 0 Å². The summed E-state index contributed by atoms with van der Waals surface area (Å²) in [6.07, 6.45) is -11.3. The number of halogens is 6. The minimum Gasteiger partial charge on any atom is -0.361 e. The molecule has 0 radical (unpaired) electrons. The van der Waals surface area contributed by atoms with Gasteiger partial charge in [-0.3, -0.25) is 0 Å². The Bertz CT molecular complexity index is 177. The quantitative estimate of drug-likeness (QED) is 0.234. The van der Waals surface area contributed by atoms with Crippen LogP contribution in [0.3, 0.4) is 0 Å². The molecule has 0 spiro atoms. The maximum absolute atomic E-state index is 11.2. The van der Waals surface area contributed by atoms with Gasteiger partial charge in [-0.1, -0.05) is 0 Å². The maximum atomic E-state index is 11.2. The van der Waals surface area contributed by atoms with Crippen LogP contribution in [0.15, 0.2) is 0 Å². The molecule has 0 heterocycles. The maximum Gasteiger partial charge on any atom is 0.500 e. The van der Waals surface area contributed by atoms with Crippen LogP contribution in [0.25, 0.3) is 5.53 Å². The third-order valence-electron chi connectivity index (χ3n) is 0.637. The molecule has 0 aromatic rings. The molecule has 11 heavy (non-hydrogen) atoms. The second kappa shape index (κ2) is 2.54. The molecule has 0 N–H and O–H groups in total. The average molecular weight is 178 g/mol. The molecule has 0 amide bonds. The fourth-order valence-corrected chi connectivity index (χ4v) is 0.274. The lowest BCUT2D eigenvalue weighted by molar-refractivity contribution is -0.175. The van der Waals surface area contributed by atoms with Gasteiger partial charge in [-0.2, -0.15) is 31.1 Å². The second-order valence-corrected chi connectivity index (χ2v) is 1.44. The second-order valence-electron chi connectivity index (χ2n) is 1.44. The van der Waals surface area contributed by atoms with Crippen molar-refractivity contribution in [1.29, 1.82) is 0 Å². The summed E-state index contributed by atoms with van der Waals surface area (Å²) in [6, 6.07) is 0. The zero-order valence-corrected chi connectivity index (χ0v) is 4.66. The highest BCUT2D eigenvalue weighted by atomic mass is 19.4. The van der Waals surface area contributed by atoms with E-state index in [1.807, 2.05) is 0 Å². The van der Waals surface area contributed by atoms with Crippen molar-refractivity contribution in [2.24, 2.45) is 0 Å². The smallest absolute Gasteiger partial charge is 0.361 e. The minimum atomic E-state index is -5.67. The number of hydrogen-bond acceptors (Lipinski definition) is 0. The van der Waals surface area contributed by atoms with Crippen LogP contribution in [0.1, 0.15) is 0 Å². The molecule has 0 aliphatic heterocycles. The molecule has 0 aromatic carbocycles. The molecular formula is C3F6N2. The van der Waals surface area contributed by atoms with Gasteiger partial charge in [0.2, 0.25) is 0 Å². The van der Waals surface area contributed by atoms with E-state index in [1.165, 1.54) is 0 Å². The van der Waals surface area contributed by atoms with Gasteiger partial charge in [0.25, 0.3) is 0 Å². The predicted octanol–water partition coefficient (Wildman–Crippen LogP) is 1.78. The molecular weight excluding hydrogens is 178 g/mol. The first-order chi connectivity index (χ1) is 4.69. The van der Waals surface area contributed by atoms with Gasteiger partial charge in [0.1, 0.15) is 0 Å². The van der Waals surface area contributed by atoms with Gasteiger partial charge in [-0.05, 0) is 0 Å². The standard InChI is InChI=1S/C3F6N2/c4-2(5,6)1(11-10)3(7,8)9. The van der Waals surface area contributed by atoms with Gasteiger partial charge in [-0.25, -0.2) is 0 Å². The number of nitrogens with zero attached hydrogens (tertiary/aromatic N) is 2. The summed E-state index contributed by atoms with van der Waals surface area (Å²) >= 11 is 0. The Hall–Kier alpha value is -1.04. The molecule has 0 aromatic heterocycles. The fourth-order valence-electron chi connectivity index (χ4n) is 0.274. The first kappa shape index (κ1) is 9.96. The zero-order chi connectivity index (χ0) is 9.28. The Morgan fingerprint density at radius 1 is 0.909 bits per heavy atom. The van der Waals surface area contributed by atoms with Crippen molar-refractivity contribution in [3.05, 3.63) is 5.53 Å².